The van der Waals surface area contributed by atoms with Crippen molar-refractivity contribution < 1.29 is 9.32 Å². The zero-order valence-electron chi connectivity index (χ0n) is 13.8. The summed E-state index contributed by atoms with van der Waals surface area (Å²) < 4.78 is 4.97. The number of carbonyl (C=O) groups excluding carboxylic acids is 1. The molecule has 1 aromatic carbocycles. The average Bonchev–Trinajstić information content (AvgIpc) is 2.99. The molecule has 0 saturated carbocycles. The number of carbonyl (C=O) groups is 1. The van der Waals surface area contributed by atoms with E-state index in [0.29, 0.717) is 11.6 Å². The van der Waals surface area contributed by atoms with E-state index in [1.165, 1.54) is 0 Å². The second-order valence-electron chi connectivity index (χ2n) is 5.99. The van der Waals surface area contributed by atoms with Crippen LogP contribution in [0.5, 0.6) is 0 Å². The van der Waals surface area contributed by atoms with E-state index in [1.807, 2.05) is 25.1 Å². The van der Waals surface area contributed by atoms with E-state index >= 15 is 0 Å². The van der Waals surface area contributed by atoms with Gasteiger partial charge in [0.1, 0.15) is 5.76 Å². The molecule has 0 bridgehead atoms. The Labute approximate surface area is 146 Å². The predicted octanol–water partition coefficient (Wildman–Crippen LogP) is 2.79. The van der Waals surface area contributed by atoms with Gasteiger partial charge in [0.25, 0.3) is 0 Å². The van der Waals surface area contributed by atoms with Gasteiger partial charge in [-0.2, -0.15) is 0 Å². The number of halogens is 1. The van der Waals surface area contributed by atoms with Gasteiger partial charge in [0.15, 0.2) is 5.82 Å². The van der Waals surface area contributed by atoms with E-state index in [-0.39, 0.29) is 11.9 Å². The molecule has 1 amide bonds. The van der Waals surface area contributed by atoms with Crippen molar-refractivity contribution in [3.8, 4) is 0 Å². The Bertz CT molecular complexity index is 710. The highest BCUT2D eigenvalue weighted by Gasteiger charge is 2.26. The van der Waals surface area contributed by atoms with Crippen molar-refractivity contribution >= 4 is 29.0 Å². The molecule has 0 radical (unpaired) electrons. The molecule has 6 nitrogen and oxygen atoms in total. The van der Waals surface area contributed by atoms with Crippen LogP contribution in [0.15, 0.2) is 34.9 Å². The molecule has 1 atom stereocenters. The topological polar surface area (TPSA) is 61.6 Å². The molecule has 1 unspecified atom stereocenters. The maximum Gasteiger partial charge on any atom is 0.242 e. The molecule has 1 aliphatic rings. The maximum absolute atomic E-state index is 12.4. The zero-order chi connectivity index (χ0) is 17.1. The monoisotopic (exact) mass is 348 g/mol. The van der Waals surface area contributed by atoms with E-state index in [2.05, 4.69) is 26.3 Å². The van der Waals surface area contributed by atoms with Crippen molar-refractivity contribution in [2.45, 2.75) is 19.9 Å². The average molecular weight is 349 g/mol. The van der Waals surface area contributed by atoms with Crippen LogP contribution in [-0.4, -0.2) is 48.2 Å². The Balaban J connectivity index is 1.54. The van der Waals surface area contributed by atoms with Crippen LogP contribution in [-0.2, 0) is 4.79 Å². The third-order valence-corrected chi connectivity index (χ3v) is 4.53. The highest BCUT2D eigenvalue weighted by Crippen LogP contribution is 2.21. The van der Waals surface area contributed by atoms with Crippen LogP contribution in [0.2, 0.25) is 5.02 Å². The number of rotatable bonds is 4. The molecule has 24 heavy (non-hydrogen) atoms. The maximum atomic E-state index is 12.4. The molecule has 1 saturated heterocycles. The smallest absolute Gasteiger partial charge is 0.242 e. The van der Waals surface area contributed by atoms with Gasteiger partial charge in [0, 0.05) is 43.0 Å². The molecular weight excluding hydrogens is 328 g/mol. The zero-order valence-corrected chi connectivity index (χ0v) is 14.6. The van der Waals surface area contributed by atoms with Crippen molar-refractivity contribution in [3.05, 3.63) is 41.1 Å². The van der Waals surface area contributed by atoms with E-state index in [1.54, 1.807) is 13.0 Å². The number of hydrogen-bond acceptors (Lipinski definition) is 5. The third kappa shape index (κ3) is 3.88. The standard InChI is InChI=1S/C17H21ClN4O2/c1-12-10-16(20-24-12)19-17(23)13(2)21-6-8-22(9-7-21)15-5-3-4-14(18)11-15/h3-5,10-11,13H,6-9H2,1-2H3,(H,19,20,23). The molecule has 1 aliphatic heterocycles. The number of amides is 1. The fourth-order valence-electron chi connectivity index (χ4n) is 2.86. The summed E-state index contributed by atoms with van der Waals surface area (Å²) in [5.41, 5.74) is 1.12. The lowest BCUT2D eigenvalue weighted by Gasteiger charge is -2.38. The van der Waals surface area contributed by atoms with E-state index in [9.17, 15) is 4.79 Å². The van der Waals surface area contributed by atoms with Gasteiger partial charge in [-0.05, 0) is 32.0 Å². The number of hydrogen-bond donors (Lipinski definition) is 1. The SMILES string of the molecule is Cc1cc(NC(=O)C(C)N2CCN(c3cccc(Cl)c3)CC2)no1. The first kappa shape index (κ1) is 16.8. The largest absolute Gasteiger partial charge is 0.369 e. The lowest BCUT2D eigenvalue weighted by atomic mass is 10.2. The molecule has 2 heterocycles. The van der Waals surface area contributed by atoms with E-state index in [4.69, 9.17) is 16.1 Å². The molecule has 7 heteroatoms. The molecular formula is C17H21ClN4O2. The first-order valence-corrected chi connectivity index (χ1v) is 8.39. The molecule has 0 spiro atoms. The van der Waals surface area contributed by atoms with Crippen LogP contribution in [0, 0.1) is 6.92 Å². The number of nitrogens with one attached hydrogen (secondary N) is 1. The summed E-state index contributed by atoms with van der Waals surface area (Å²) in [6.45, 7) is 7.07. The summed E-state index contributed by atoms with van der Waals surface area (Å²) >= 11 is 6.06. The summed E-state index contributed by atoms with van der Waals surface area (Å²) in [5.74, 6) is 1.06. The Morgan fingerprint density at radius 3 is 2.67 bits per heavy atom. The van der Waals surface area contributed by atoms with Gasteiger partial charge in [0.05, 0.1) is 6.04 Å². The minimum absolute atomic E-state index is 0.0699. The molecule has 128 valence electrons. The molecule has 1 fully saturated rings. The van der Waals surface area contributed by atoms with Gasteiger partial charge in [0.2, 0.25) is 5.91 Å². The minimum Gasteiger partial charge on any atom is -0.369 e. The normalized spacial score (nSPS) is 16.9. The number of nitrogens with zero attached hydrogens (tertiary/aromatic N) is 3. The van der Waals surface area contributed by atoms with Crippen LogP contribution < -0.4 is 10.2 Å². The van der Waals surface area contributed by atoms with Gasteiger partial charge in [-0.15, -0.1) is 0 Å². The second kappa shape index (κ2) is 7.23. The molecule has 0 aliphatic carbocycles. The summed E-state index contributed by atoms with van der Waals surface area (Å²) in [7, 11) is 0. The first-order chi connectivity index (χ1) is 11.5. The fraction of sp³-hybridized carbons (Fsp3) is 0.412. The first-order valence-electron chi connectivity index (χ1n) is 8.01. The Hall–Kier alpha value is -2.05. The summed E-state index contributed by atoms with van der Waals surface area (Å²) in [4.78, 5) is 16.8. The lowest BCUT2D eigenvalue weighted by Crippen LogP contribution is -2.52. The Kier molecular flexibility index (Phi) is 5.06. The fourth-order valence-corrected chi connectivity index (χ4v) is 3.05. The van der Waals surface area contributed by atoms with Crippen molar-refractivity contribution in [2.24, 2.45) is 0 Å². The van der Waals surface area contributed by atoms with Gasteiger partial charge in [-0.1, -0.05) is 22.8 Å². The van der Waals surface area contributed by atoms with Crippen LogP contribution in [0.1, 0.15) is 12.7 Å². The van der Waals surface area contributed by atoms with Crippen molar-refractivity contribution in [2.75, 3.05) is 36.4 Å². The highest BCUT2D eigenvalue weighted by molar-refractivity contribution is 6.30. The Morgan fingerprint density at radius 2 is 2.04 bits per heavy atom. The quantitative estimate of drug-likeness (QED) is 0.920. The van der Waals surface area contributed by atoms with E-state index in [0.717, 1.165) is 36.9 Å². The molecule has 2 aromatic rings. The summed E-state index contributed by atoms with van der Waals surface area (Å²) in [6, 6.07) is 9.36. The van der Waals surface area contributed by atoms with Crippen molar-refractivity contribution in [1.29, 1.82) is 0 Å². The van der Waals surface area contributed by atoms with E-state index < -0.39 is 0 Å². The van der Waals surface area contributed by atoms with Gasteiger partial charge in [-0.25, -0.2) is 0 Å². The van der Waals surface area contributed by atoms with Crippen molar-refractivity contribution in [1.82, 2.24) is 10.1 Å². The Morgan fingerprint density at radius 1 is 1.29 bits per heavy atom. The third-order valence-electron chi connectivity index (χ3n) is 4.29. The number of aryl methyl sites for hydroxylation is 1. The molecule has 1 N–H and O–H groups in total. The van der Waals surface area contributed by atoms with Crippen LogP contribution in [0.3, 0.4) is 0 Å². The predicted molar refractivity (Wildman–Crippen MR) is 94.6 cm³/mol. The lowest BCUT2D eigenvalue weighted by molar-refractivity contribution is -0.120. The molecule has 3 rings (SSSR count). The summed E-state index contributed by atoms with van der Waals surface area (Å²) in [5, 5.41) is 7.33. The van der Waals surface area contributed by atoms with Crippen LogP contribution in [0.4, 0.5) is 11.5 Å². The van der Waals surface area contributed by atoms with Gasteiger partial charge in [-0.3, -0.25) is 9.69 Å². The number of benzene rings is 1. The second-order valence-corrected chi connectivity index (χ2v) is 6.43. The number of anilines is 2. The van der Waals surface area contributed by atoms with Gasteiger partial charge >= 0.3 is 0 Å². The molecule has 1 aromatic heterocycles. The highest BCUT2D eigenvalue weighted by atomic mass is 35.5. The van der Waals surface area contributed by atoms with Crippen molar-refractivity contribution in [3.63, 3.8) is 0 Å². The minimum atomic E-state index is -0.219. The van der Waals surface area contributed by atoms with Crippen LogP contribution in [0.25, 0.3) is 0 Å². The number of piperazine rings is 1. The van der Waals surface area contributed by atoms with Crippen LogP contribution >= 0.6 is 11.6 Å². The van der Waals surface area contributed by atoms with Gasteiger partial charge < -0.3 is 14.7 Å². The summed E-state index contributed by atoms with van der Waals surface area (Å²) in [6.07, 6.45) is 0. The number of aromatic nitrogens is 1.